The molecule has 1 heterocycles. The van der Waals surface area contributed by atoms with E-state index in [1.54, 1.807) is 0 Å². The molecule has 2 rings (SSSR count). The molecule has 0 amide bonds. The molecule has 0 atom stereocenters. The lowest BCUT2D eigenvalue weighted by molar-refractivity contribution is -0.151. The standard InChI is InChI=1S/C15H20N2O2/c1-15(2,14(18)19-3)10-17-9-11(8-16)12-6-4-5-7-13(12)17/h4-7,9H,8,10,16H2,1-3H3. The smallest absolute Gasteiger partial charge is 0.313 e. The van der Waals surface area contributed by atoms with Gasteiger partial charge in [0.25, 0.3) is 0 Å². The van der Waals surface area contributed by atoms with Crippen molar-refractivity contribution in [3.8, 4) is 0 Å². The largest absolute Gasteiger partial charge is 0.469 e. The molecular weight excluding hydrogens is 240 g/mol. The number of methoxy groups -OCH3 is 1. The Kier molecular flexibility index (Phi) is 3.62. The summed E-state index contributed by atoms with van der Waals surface area (Å²) in [5.74, 6) is -0.209. The summed E-state index contributed by atoms with van der Waals surface area (Å²) in [5.41, 5.74) is 7.40. The number of benzene rings is 1. The number of fused-ring (bicyclic) bond motifs is 1. The second-order valence-corrected chi connectivity index (χ2v) is 5.38. The first kappa shape index (κ1) is 13.6. The van der Waals surface area contributed by atoms with E-state index in [2.05, 4.69) is 10.6 Å². The van der Waals surface area contributed by atoms with Gasteiger partial charge >= 0.3 is 5.97 Å². The Morgan fingerprint density at radius 3 is 2.68 bits per heavy atom. The Labute approximate surface area is 113 Å². The van der Waals surface area contributed by atoms with Crippen LogP contribution in [-0.2, 0) is 22.6 Å². The molecule has 2 N–H and O–H groups in total. The van der Waals surface area contributed by atoms with Crippen LogP contribution < -0.4 is 5.73 Å². The second kappa shape index (κ2) is 5.05. The average Bonchev–Trinajstić information content (AvgIpc) is 2.75. The van der Waals surface area contributed by atoms with Gasteiger partial charge in [-0.25, -0.2) is 0 Å². The van der Waals surface area contributed by atoms with Crippen LogP contribution in [0.5, 0.6) is 0 Å². The molecule has 0 bridgehead atoms. The molecule has 4 nitrogen and oxygen atoms in total. The zero-order chi connectivity index (χ0) is 14.0. The van der Waals surface area contributed by atoms with Gasteiger partial charge in [0.1, 0.15) is 0 Å². The SMILES string of the molecule is COC(=O)C(C)(C)Cn1cc(CN)c2ccccc21. The summed E-state index contributed by atoms with van der Waals surface area (Å²) in [5, 5.41) is 1.14. The lowest BCUT2D eigenvalue weighted by Crippen LogP contribution is -2.30. The first-order chi connectivity index (χ1) is 8.99. The molecule has 1 aromatic heterocycles. The molecule has 0 saturated carbocycles. The molecule has 19 heavy (non-hydrogen) atoms. The van der Waals surface area contributed by atoms with Crippen molar-refractivity contribution in [1.29, 1.82) is 0 Å². The van der Waals surface area contributed by atoms with Gasteiger partial charge in [-0.15, -0.1) is 0 Å². The number of carbonyl (C=O) groups is 1. The van der Waals surface area contributed by atoms with Crippen LogP contribution in [0.2, 0.25) is 0 Å². The fourth-order valence-corrected chi connectivity index (χ4v) is 2.38. The number of carbonyl (C=O) groups excluding carboxylic acids is 1. The molecule has 0 aliphatic rings. The Hall–Kier alpha value is -1.81. The summed E-state index contributed by atoms with van der Waals surface area (Å²) < 4.78 is 6.93. The van der Waals surface area contributed by atoms with Crippen molar-refractivity contribution < 1.29 is 9.53 Å². The first-order valence-electron chi connectivity index (χ1n) is 6.35. The Bertz CT molecular complexity index is 599. The van der Waals surface area contributed by atoms with Crippen LogP contribution in [0.3, 0.4) is 0 Å². The lowest BCUT2D eigenvalue weighted by Gasteiger charge is -2.22. The highest BCUT2D eigenvalue weighted by atomic mass is 16.5. The van der Waals surface area contributed by atoms with Gasteiger partial charge in [0.05, 0.1) is 12.5 Å². The van der Waals surface area contributed by atoms with Crippen molar-refractivity contribution in [2.24, 2.45) is 11.1 Å². The number of rotatable bonds is 4. The van der Waals surface area contributed by atoms with E-state index in [0.29, 0.717) is 13.1 Å². The van der Waals surface area contributed by atoms with Crippen molar-refractivity contribution in [1.82, 2.24) is 4.57 Å². The van der Waals surface area contributed by atoms with Crippen LogP contribution >= 0.6 is 0 Å². The molecule has 0 aliphatic carbocycles. The quantitative estimate of drug-likeness (QED) is 0.858. The van der Waals surface area contributed by atoms with Crippen LogP contribution in [0, 0.1) is 5.41 Å². The number of hydrogen-bond acceptors (Lipinski definition) is 3. The molecule has 0 radical (unpaired) electrons. The van der Waals surface area contributed by atoms with Crippen molar-refractivity contribution in [2.45, 2.75) is 26.9 Å². The van der Waals surface area contributed by atoms with Crippen LogP contribution in [0.15, 0.2) is 30.5 Å². The van der Waals surface area contributed by atoms with Crippen molar-refractivity contribution in [2.75, 3.05) is 7.11 Å². The fraction of sp³-hybridized carbons (Fsp3) is 0.400. The van der Waals surface area contributed by atoms with Crippen LogP contribution in [-0.4, -0.2) is 17.6 Å². The lowest BCUT2D eigenvalue weighted by atomic mass is 9.93. The zero-order valence-electron chi connectivity index (χ0n) is 11.6. The van der Waals surface area contributed by atoms with Gasteiger partial charge in [-0.05, 0) is 25.5 Å². The van der Waals surface area contributed by atoms with Gasteiger partial charge in [0, 0.05) is 30.2 Å². The van der Waals surface area contributed by atoms with Gasteiger partial charge in [0.2, 0.25) is 0 Å². The highest BCUT2D eigenvalue weighted by molar-refractivity contribution is 5.84. The van der Waals surface area contributed by atoms with Gasteiger partial charge in [-0.1, -0.05) is 18.2 Å². The predicted octanol–water partition coefficient (Wildman–Crippen LogP) is 2.30. The number of hydrogen-bond donors (Lipinski definition) is 1. The van der Waals surface area contributed by atoms with E-state index in [4.69, 9.17) is 10.5 Å². The van der Waals surface area contributed by atoms with Gasteiger partial charge in [-0.3, -0.25) is 4.79 Å². The molecule has 1 aromatic carbocycles. The minimum absolute atomic E-state index is 0.209. The van der Waals surface area contributed by atoms with Crippen molar-refractivity contribution >= 4 is 16.9 Å². The number of para-hydroxylation sites is 1. The van der Waals surface area contributed by atoms with Gasteiger partial charge in [-0.2, -0.15) is 0 Å². The maximum absolute atomic E-state index is 11.8. The highest BCUT2D eigenvalue weighted by Gasteiger charge is 2.29. The maximum atomic E-state index is 11.8. The third-order valence-electron chi connectivity index (χ3n) is 3.39. The summed E-state index contributed by atoms with van der Waals surface area (Å²) in [7, 11) is 1.42. The zero-order valence-corrected chi connectivity index (χ0v) is 11.6. The van der Waals surface area contributed by atoms with E-state index in [1.165, 1.54) is 7.11 Å². The van der Waals surface area contributed by atoms with E-state index in [0.717, 1.165) is 16.5 Å². The van der Waals surface area contributed by atoms with E-state index < -0.39 is 5.41 Å². The minimum atomic E-state index is -0.567. The Balaban J connectivity index is 2.44. The number of nitrogens with zero attached hydrogens (tertiary/aromatic N) is 1. The summed E-state index contributed by atoms with van der Waals surface area (Å²) in [6, 6.07) is 8.09. The number of nitrogens with two attached hydrogens (primary N) is 1. The molecule has 0 spiro atoms. The fourth-order valence-electron chi connectivity index (χ4n) is 2.38. The maximum Gasteiger partial charge on any atom is 0.313 e. The summed E-state index contributed by atoms with van der Waals surface area (Å²) in [6.45, 7) is 4.83. The average molecular weight is 260 g/mol. The monoisotopic (exact) mass is 260 g/mol. The van der Waals surface area contributed by atoms with E-state index >= 15 is 0 Å². The molecule has 0 unspecified atom stereocenters. The van der Waals surface area contributed by atoms with Crippen molar-refractivity contribution in [3.05, 3.63) is 36.0 Å². The number of esters is 1. The van der Waals surface area contributed by atoms with Crippen LogP contribution in [0.4, 0.5) is 0 Å². The van der Waals surface area contributed by atoms with Crippen molar-refractivity contribution in [3.63, 3.8) is 0 Å². The molecule has 102 valence electrons. The molecule has 0 saturated heterocycles. The van der Waals surface area contributed by atoms with E-state index in [1.807, 2.05) is 38.2 Å². The molecular formula is C15H20N2O2. The van der Waals surface area contributed by atoms with Crippen LogP contribution in [0.1, 0.15) is 19.4 Å². The second-order valence-electron chi connectivity index (χ2n) is 5.38. The Morgan fingerprint density at radius 2 is 2.05 bits per heavy atom. The molecule has 4 heteroatoms. The first-order valence-corrected chi connectivity index (χ1v) is 6.35. The molecule has 0 aliphatic heterocycles. The number of aromatic nitrogens is 1. The predicted molar refractivity (Wildman–Crippen MR) is 75.6 cm³/mol. The summed E-state index contributed by atoms with van der Waals surface area (Å²) in [6.07, 6.45) is 2.02. The highest BCUT2D eigenvalue weighted by Crippen LogP contribution is 2.26. The van der Waals surface area contributed by atoms with Gasteiger partial charge < -0.3 is 15.0 Å². The molecule has 2 aromatic rings. The van der Waals surface area contributed by atoms with E-state index in [9.17, 15) is 4.79 Å². The topological polar surface area (TPSA) is 57.2 Å². The third-order valence-corrected chi connectivity index (χ3v) is 3.39. The van der Waals surface area contributed by atoms with Crippen LogP contribution in [0.25, 0.3) is 10.9 Å². The number of ether oxygens (including phenoxy) is 1. The summed E-state index contributed by atoms with van der Waals surface area (Å²) >= 11 is 0. The Morgan fingerprint density at radius 1 is 1.37 bits per heavy atom. The van der Waals surface area contributed by atoms with E-state index in [-0.39, 0.29) is 5.97 Å². The normalized spacial score (nSPS) is 11.8. The minimum Gasteiger partial charge on any atom is -0.469 e. The van der Waals surface area contributed by atoms with Gasteiger partial charge in [0.15, 0.2) is 0 Å². The summed E-state index contributed by atoms with van der Waals surface area (Å²) in [4.78, 5) is 11.8. The third kappa shape index (κ3) is 2.49. The molecule has 0 fully saturated rings.